The maximum atomic E-state index is 13.8. The number of rotatable bonds is 2. The van der Waals surface area contributed by atoms with Gasteiger partial charge in [0.15, 0.2) is 0 Å². The molecule has 0 bridgehead atoms. The van der Waals surface area contributed by atoms with Crippen LogP contribution in [-0.4, -0.2) is 10.5 Å². The average molecular weight is 293 g/mol. The van der Waals surface area contributed by atoms with Gasteiger partial charge in [-0.05, 0) is 36.4 Å². The zero-order valence-electron chi connectivity index (χ0n) is 11.8. The average Bonchev–Trinajstić information content (AvgIpc) is 2.86. The molecule has 22 heavy (non-hydrogen) atoms. The molecule has 5 heteroatoms. The van der Waals surface area contributed by atoms with E-state index in [0.29, 0.717) is 27.8 Å². The smallest absolute Gasteiger partial charge is 0.272 e. The lowest BCUT2D eigenvalue weighted by Crippen LogP contribution is -2.15. The molecule has 0 aliphatic carbocycles. The van der Waals surface area contributed by atoms with Crippen LogP contribution in [0.15, 0.2) is 48.5 Å². The number of benzene rings is 2. The third-order valence-electron chi connectivity index (χ3n) is 3.52. The van der Waals surface area contributed by atoms with Crippen molar-refractivity contribution in [1.82, 2.24) is 4.57 Å². The first kappa shape index (κ1) is 13.8. The van der Waals surface area contributed by atoms with Gasteiger partial charge in [-0.3, -0.25) is 4.79 Å². The topological polar surface area (TPSA) is 57.8 Å². The predicted molar refractivity (Wildman–Crippen MR) is 82.0 cm³/mol. The summed E-state index contributed by atoms with van der Waals surface area (Å²) in [6, 6.07) is 14.9. The van der Waals surface area contributed by atoms with Crippen LogP contribution in [0.1, 0.15) is 16.1 Å². The summed E-state index contributed by atoms with van der Waals surface area (Å²) in [5.74, 6) is -0.716. The molecule has 1 heterocycles. The van der Waals surface area contributed by atoms with Crippen molar-refractivity contribution in [1.29, 1.82) is 5.26 Å². The molecular weight excluding hydrogens is 281 g/mol. The Balaban J connectivity index is 1.97. The Kier molecular flexibility index (Phi) is 3.36. The van der Waals surface area contributed by atoms with E-state index in [2.05, 4.69) is 5.32 Å². The van der Waals surface area contributed by atoms with Crippen LogP contribution in [0.25, 0.3) is 10.9 Å². The fourth-order valence-electron chi connectivity index (χ4n) is 2.40. The van der Waals surface area contributed by atoms with Crippen molar-refractivity contribution < 1.29 is 9.18 Å². The molecule has 0 radical (unpaired) electrons. The fraction of sp³-hybridized carbons (Fsp3) is 0.0588. The van der Waals surface area contributed by atoms with E-state index >= 15 is 0 Å². The molecule has 3 aromatic rings. The third-order valence-corrected chi connectivity index (χ3v) is 3.52. The quantitative estimate of drug-likeness (QED) is 0.786. The number of nitrogens with one attached hydrogen (secondary N) is 1. The van der Waals surface area contributed by atoms with Crippen molar-refractivity contribution in [2.45, 2.75) is 0 Å². The zero-order valence-corrected chi connectivity index (χ0v) is 11.8. The molecule has 4 nitrogen and oxygen atoms in total. The van der Waals surface area contributed by atoms with Crippen molar-refractivity contribution >= 4 is 22.5 Å². The van der Waals surface area contributed by atoms with E-state index in [0.717, 1.165) is 0 Å². The van der Waals surface area contributed by atoms with E-state index in [9.17, 15) is 9.18 Å². The summed E-state index contributed by atoms with van der Waals surface area (Å²) >= 11 is 0. The first-order valence-electron chi connectivity index (χ1n) is 6.65. The number of carbonyl (C=O) groups is 1. The number of nitrogens with zero attached hydrogens (tertiary/aromatic N) is 2. The molecule has 0 saturated carbocycles. The van der Waals surface area contributed by atoms with Gasteiger partial charge in [0.2, 0.25) is 0 Å². The number of hydrogen-bond donors (Lipinski definition) is 1. The number of fused-ring (bicyclic) bond motifs is 1. The van der Waals surface area contributed by atoms with Crippen LogP contribution in [-0.2, 0) is 7.05 Å². The SMILES string of the molecule is Cn1c(C(=O)Nc2cccc(C#N)c2)cc2c(F)cccc21. The number of carbonyl (C=O) groups excluding carboxylic acids is 1. The molecule has 108 valence electrons. The minimum Gasteiger partial charge on any atom is -0.340 e. The molecule has 0 atom stereocenters. The number of aryl methyl sites for hydroxylation is 1. The molecular formula is C17H12FN3O. The lowest BCUT2D eigenvalue weighted by molar-refractivity contribution is 0.102. The lowest BCUT2D eigenvalue weighted by Gasteiger charge is -2.06. The maximum absolute atomic E-state index is 13.8. The lowest BCUT2D eigenvalue weighted by atomic mass is 10.2. The maximum Gasteiger partial charge on any atom is 0.272 e. The highest BCUT2D eigenvalue weighted by atomic mass is 19.1. The van der Waals surface area contributed by atoms with Gasteiger partial charge < -0.3 is 9.88 Å². The highest BCUT2D eigenvalue weighted by molar-refractivity contribution is 6.06. The van der Waals surface area contributed by atoms with Crippen molar-refractivity contribution in [3.8, 4) is 6.07 Å². The van der Waals surface area contributed by atoms with Crippen LogP contribution >= 0.6 is 0 Å². The van der Waals surface area contributed by atoms with E-state index in [4.69, 9.17) is 5.26 Å². The van der Waals surface area contributed by atoms with Crippen LogP contribution in [0.2, 0.25) is 0 Å². The minimum absolute atomic E-state index is 0.350. The first-order chi connectivity index (χ1) is 10.6. The molecule has 0 aliphatic heterocycles. The van der Waals surface area contributed by atoms with Crippen molar-refractivity contribution in [2.75, 3.05) is 5.32 Å². The second-order valence-corrected chi connectivity index (χ2v) is 4.91. The minimum atomic E-state index is -0.362. The van der Waals surface area contributed by atoms with Gasteiger partial charge >= 0.3 is 0 Å². The Hall–Kier alpha value is -3.13. The van der Waals surface area contributed by atoms with Gasteiger partial charge in [-0.1, -0.05) is 12.1 Å². The van der Waals surface area contributed by atoms with E-state index in [1.165, 1.54) is 12.1 Å². The second kappa shape index (κ2) is 5.34. The molecule has 0 saturated heterocycles. The van der Waals surface area contributed by atoms with Crippen LogP contribution in [0.4, 0.5) is 10.1 Å². The Morgan fingerprint density at radius 3 is 2.73 bits per heavy atom. The summed E-state index contributed by atoms with van der Waals surface area (Å²) in [4.78, 5) is 12.4. The highest BCUT2D eigenvalue weighted by Gasteiger charge is 2.15. The monoisotopic (exact) mass is 293 g/mol. The predicted octanol–water partition coefficient (Wildman–Crippen LogP) is 3.44. The number of amides is 1. The molecule has 0 fully saturated rings. The third kappa shape index (κ3) is 2.31. The highest BCUT2D eigenvalue weighted by Crippen LogP contribution is 2.22. The van der Waals surface area contributed by atoms with Gasteiger partial charge in [0.1, 0.15) is 11.5 Å². The van der Waals surface area contributed by atoms with E-state index in [1.807, 2.05) is 6.07 Å². The summed E-state index contributed by atoms with van der Waals surface area (Å²) in [7, 11) is 1.71. The van der Waals surface area contributed by atoms with E-state index in [1.54, 1.807) is 48.0 Å². The fourth-order valence-corrected chi connectivity index (χ4v) is 2.40. The molecule has 1 N–H and O–H groups in total. The standard InChI is InChI=1S/C17H12FN3O/c1-21-15-7-3-6-14(18)13(15)9-16(21)17(22)20-12-5-2-4-11(8-12)10-19/h2-9H,1H3,(H,20,22). The molecule has 0 aliphatic rings. The van der Waals surface area contributed by atoms with Gasteiger partial charge in [0.25, 0.3) is 5.91 Å². The van der Waals surface area contributed by atoms with Crippen molar-refractivity contribution in [2.24, 2.45) is 7.05 Å². The Morgan fingerprint density at radius 2 is 2.00 bits per heavy atom. The number of hydrogen-bond acceptors (Lipinski definition) is 2. The van der Waals surface area contributed by atoms with Gasteiger partial charge in [-0.15, -0.1) is 0 Å². The summed E-state index contributed by atoms with van der Waals surface area (Å²) in [5, 5.41) is 12.0. The zero-order chi connectivity index (χ0) is 15.7. The van der Waals surface area contributed by atoms with Crippen molar-refractivity contribution in [3.05, 3.63) is 65.6 Å². The van der Waals surface area contributed by atoms with Gasteiger partial charge in [0, 0.05) is 18.1 Å². The second-order valence-electron chi connectivity index (χ2n) is 4.91. The number of nitriles is 1. The Bertz CT molecular complexity index is 921. The normalized spacial score (nSPS) is 10.4. The number of anilines is 1. The van der Waals surface area contributed by atoms with Gasteiger partial charge in [0.05, 0.1) is 17.1 Å². The molecule has 3 rings (SSSR count). The van der Waals surface area contributed by atoms with Crippen LogP contribution in [0.3, 0.4) is 0 Å². The molecule has 1 amide bonds. The summed E-state index contributed by atoms with van der Waals surface area (Å²) in [6.07, 6.45) is 0. The Morgan fingerprint density at radius 1 is 1.23 bits per heavy atom. The summed E-state index contributed by atoms with van der Waals surface area (Å²) < 4.78 is 15.4. The molecule has 0 spiro atoms. The number of halogens is 1. The van der Waals surface area contributed by atoms with Crippen molar-refractivity contribution in [3.63, 3.8) is 0 Å². The molecule has 1 aromatic heterocycles. The van der Waals surface area contributed by atoms with E-state index < -0.39 is 0 Å². The van der Waals surface area contributed by atoms with E-state index in [-0.39, 0.29) is 11.7 Å². The summed E-state index contributed by atoms with van der Waals surface area (Å²) in [6.45, 7) is 0. The number of aromatic nitrogens is 1. The molecule has 0 unspecified atom stereocenters. The molecule has 2 aromatic carbocycles. The first-order valence-corrected chi connectivity index (χ1v) is 6.65. The van der Waals surface area contributed by atoms with Crippen LogP contribution in [0.5, 0.6) is 0 Å². The van der Waals surface area contributed by atoms with Gasteiger partial charge in [-0.2, -0.15) is 5.26 Å². The van der Waals surface area contributed by atoms with Crippen LogP contribution < -0.4 is 5.32 Å². The largest absolute Gasteiger partial charge is 0.340 e. The van der Waals surface area contributed by atoms with Crippen LogP contribution in [0, 0.1) is 17.1 Å². The van der Waals surface area contributed by atoms with Gasteiger partial charge in [-0.25, -0.2) is 4.39 Å². The Labute approximate surface area is 126 Å². The summed E-state index contributed by atoms with van der Waals surface area (Å²) in [5.41, 5.74) is 1.98.